The molecule has 0 radical (unpaired) electrons. The van der Waals surface area contributed by atoms with Crippen LogP contribution in [0.5, 0.6) is 0 Å². The number of para-hydroxylation sites is 2. The number of aromatic nitrogens is 1. The summed E-state index contributed by atoms with van der Waals surface area (Å²) in [6, 6.07) is 89.1. The van der Waals surface area contributed by atoms with Gasteiger partial charge in [-0.25, -0.2) is 0 Å². The number of hydrogen-bond acceptors (Lipinski definition) is 1. The van der Waals surface area contributed by atoms with Gasteiger partial charge in [-0.2, -0.15) is 0 Å². The molecule has 0 saturated heterocycles. The smallest absolute Gasteiger partial charge is 0.0547 e. The molecule has 0 spiro atoms. The van der Waals surface area contributed by atoms with E-state index in [9.17, 15) is 0 Å². The number of benzene rings is 11. The molecule has 0 aliphatic heterocycles. The first-order valence-electron chi connectivity index (χ1n) is 23.7. The SMILES string of the molecule is C1=Cc2c(cc(-c3ccc(N(c4ccc(-c5cccc6ccccc56)cc4)c4cccc(-c5cccc(-c6cccc7c6c6ccccc6n7-c6ccccc6)c5)c4)cc3)c3ccccc23)CC1. The number of allylic oxidation sites excluding steroid dienone is 1. The van der Waals surface area contributed by atoms with E-state index in [1.54, 1.807) is 0 Å². The number of aryl methyl sites for hydroxylation is 1. The summed E-state index contributed by atoms with van der Waals surface area (Å²) in [6.07, 6.45) is 6.77. The zero-order chi connectivity index (χ0) is 45.0. The molecule has 0 bridgehead atoms. The molecule has 0 amide bonds. The summed E-state index contributed by atoms with van der Waals surface area (Å²) in [7, 11) is 0. The molecule has 1 aliphatic carbocycles. The summed E-state index contributed by atoms with van der Waals surface area (Å²) in [4.78, 5) is 2.40. The molecule has 0 saturated carbocycles. The van der Waals surface area contributed by atoms with Crippen molar-refractivity contribution in [1.82, 2.24) is 4.57 Å². The Hall–Kier alpha value is -8.72. The number of nitrogens with zero attached hydrogens (tertiary/aromatic N) is 2. The molecule has 1 aliphatic rings. The molecule has 320 valence electrons. The maximum absolute atomic E-state index is 2.43. The number of hydrogen-bond donors (Lipinski definition) is 0. The second-order valence-corrected chi connectivity index (χ2v) is 18.0. The van der Waals surface area contributed by atoms with Gasteiger partial charge in [0.2, 0.25) is 0 Å². The fourth-order valence-corrected chi connectivity index (χ4v) is 10.8. The van der Waals surface area contributed by atoms with Crippen LogP contribution in [0.4, 0.5) is 17.1 Å². The van der Waals surface area contributed by atoms with Crippen molar-refractivity contribution in [3.05, 3.63) is 260 Å². The summed E-state index contributed by atoms with van der Waals surface area (Å²) in [5.41, 5.74) is 19.3. The van der Waals surface area contributed by atoms with Gasteiger partial charge in [-0.15, -0.1) is 0 Å². The lowest BCUT2D eigenvalue weighted by Crippen LogP contribution is -2.10. The normalized spacial score (nSPS) is 12.2. The van der Waals surface area contributed by atoms with Gasteiger partial charge < -0.3 is 9.47 Å². The molecule has 0 N–H and O–H groups in total. The number of anilines is 3. The van der Waals surface area contributed by atoms with Crippen LogP contribution in [0.15, 0.2) is 249 Å². The molecular weight excluding hydrogens is 821 g/mol. The molecule has 13 rings (SSSR count). The zero-order valence-electron chi connectivity index (χ0n) is 37.6. The number of rotatable bonds is 8. The third kappa shape index (κ3) is 6.81. The molecule has 2 nitrogen and oxygen atoms in total. The Morgan fingerprint density at radius 2 is 0.941 bits per heavy atom. The molecule has 12 aromatic rings. The predicted octanol–water partition coefficient (Wildman–Crippen LogP) is 18.2. The molecular formula is C66H46N2. The minimum Gasteiger partial charge on any atom is -0.310 e. The fraction of sp³-hybridized carbons (Fsp3) is 0.0303. The van der Waals surface area contributed by atoms with Gasteiger partial charge >= 0.3 is 0 Å². The largest absolute Gasteiger partial charge is 0.310 e. The summed E-state index contributed by atoms with van der Waals surface area (Å²) in [5, 5.41) is 7.63. The molecule has 1 aromatic heterocycles. The van der Waals surface area contributed by atoms with Gasteiger partial charge in [0.25, 0.3) is 0 Å². The van der Waals surface area contributed by atoms with Gasteiger partial charge in [-0.3, -0.25) is 0 Å². The molecule has 0 atom stereocenters. The highest BCUT2D eigenvalue weighted by molar-refractivity contribution is 6.16. The molecule has 11 aromatic carbocycles. The summed E-state index contributed by atoms with van der Waals surface area (Å²) >= 11 is 0. The first-order valence-corrected chi connectivity index (χ1v) is 23.7. The highest BCUT2D eigenvalue weighted by Gasteiger charge is 2.19. The van der Waals surface area contributed by atoms with E-state index in [2.05, 4.69) is 264 Å². The van der Waals surface area contributed by atoms with E-state index in [1.807, 2.05) is 0 Å². The second kappa shape index (κ2) is 16.6. The topological polar surface area (TPSA) is 8.17 Å². The predicted molar refractivity (Wildman–Crippen MR) is 290 cm³/mol. The van der Waals surface area contributed by atoms with Crippen LogP contribution < -0.4 is 4.90 Å². The molecule has 2 heteroatoms. The Morgan fingerprint density at radius 1 is 0.353 bits per heavy atom. The Morgan fingerprint density at radius 3 is 1.75 bits per heavy atom. The monoisotopic (exact) mass is 866 g/mol. The zero-order valence-corrected chi connectivity index (χ0v) is 37.6. The fourth-order valence-electron chi connectivity index (χ4n) is 10.8. The van der Waals surface area contributed by atoms with Crippen molar-refractivity contribution in [1.29, 1.82) is 0 Å². The average Bonchev–Trinajstić information content (AvgIpc) is 3.76. The quantitative estimate of drug-likeness (QED) is 0.148. The van der Waals surface area contributed by atoms with Crippen LogP contribution in [0, 0.1) is 0 Å². The van der Waals surface area contributed by atoms with Crippen molar-refractivity contribution in [2.45, 2.75) is 12.8 Å². The minimum absolute atomic E-state index is 1.07. The lowest BCUT2D eigenvalue weighted by atomic mass is 9.87. The van der Waals surface area contributed by atoms with E-state index < -0.39 is 0 Å². The van der Waals surface area contributed by atoms with Crippen molar-refractivity contribution in [2.75, 3.05) is 4.90 Å². The van der Waals surface area contributed by atoms with Crippen molar-refractivity contribution < 1.29 is 0 Å². The van der Waals surface area contributed by atoms with Gasteiger partial charge in [0, 0.05) is 33.5 Å². The van der Waals surface area contributed by atoms with E-state index in [4.69, 9.17) is 0 Å². The average molecular weight is 867 g/mol. The lowest BCUT2D eigenvalue weighted by Gasteiger charge is -2.27. The molecule has 68 heavy (non-hydrogen) atoms. The Labute approximate surface area is 397 Å². The van der Waals surface area contributed by atoms with E-state index >= 15 is 0 Å². The third-order valence-corrected chi connectivity index (χ3v) is 14.0. The van der Waals surface area contributed by atoms with Crippen molar-refractivity contribution in [2.24, 2.45) is 0 Å². The summed E-state index contributed by atoms with van der Waals surface area (Å²) < 4.78 is 2.39. The van der Waals surface area contributed by atoms with E-state index in [1.165, 1.54) is 93.4 Å². The summed E-state index contributed by atoms with van der Waals surface area (Å²) in [5.74, 6) is 0. The second-order valence-electron chi connectivity index (χ2n) is 18.0. The van der Waals surface area contributed by atoms with Gasteiger partial charge in [0.1, 0.15) is 0 Å². The van der Waals surface area contributed by atoms with Gasteiger partial charge in [-0.05, 0) is 163 Å². The van der Waals surface area contributed by atoms with E-state index in [0.29, 0.717) is 0 Å². The van der Waals surface area contributed by atoms with Gasteiger partial charge in [0.05, 0.1) is 11.0 Å². The lowest BCUT2D eigenvalue weighted by molar-refractivity contribution is 0.990. The van der Waals surface area contributed by atoms with Gasteiger partial charge in [-0.1, -0.05) is 182 Å². The highest BCUT2D eigenvalue weighted by atomic mass is 15.1. The minimum atomic E-state index is 1.07. The van der Waals surface area contributed by atoms with Crippen LogP contribution in [0.25, 0.3) is 99.6 Å². The van der Waals surface area contributed by atoms with Crippen LogP contribution >= 0.6 is 0 Å². The molecule has 1 heterocycles. The number of fused-ring (bicyclic) bond motifs is 7. The maximum atomic E-state index is 2.43. The first-order chi connectivity index (χ1) is 33.7. The third-order valence-electron chi connectivity index (χ3n) is 14.0. The van der Waals surface area contributed by atoms with Gasteiger partial charge in [0.15, 0.2) is 0 Å². The van der Waals surface area contributed by atoms with Crippen molar-refractivity contribution in [3.63, 3.8) is 0 Å². The van der Waals surface area contributed by atoms with Crippen LogP contribution in [0.1, 0.15) is 17.5 Å². The van der Waals surface area contributed by atoms with Crippen LogP contribution in [0.2, 0.25) is 0 Å². The first kappa shape index (κ1) is 39.6. The maximum Gasteiger partial charge on any atom is 0.0547 e. The molecule has 0 fully saturated rings. The Balaban J connectivity index is 0.919. The van der Waals surface area contributed by atoms with Crippen LogP contribution in [-0.4, -0.2) is 4.57 Å². The van der Waals surface area contributed by atoms with Crippen LogP contribution in [0.3, 0.4) is 0 Å². The Bertz CT molecular complexity index is 3890. The van der Waals surface area contributed by atoms with E-state index in [-0.39, 0.29) is 0 Å². The Kier molecular flexibility index (Phi) is 9.68. The van der Waals surface area contributed by atoms with Crippen molar-refractivity contribution in [3.8, 4) is 50.2 Å². The summed E-state index contributed by atoms with van der Waals surface area (Å²) in [6.45, 7) is 0. The van der Waals surface area contributed by atoms with Crippen molar-refractivity contribution >= 4 is 66.5 Å². The molecule has 0 unspecified atom stereocenters. The van der Waals surface area contributed by atoms with Crippen LogP contribution in [-0.2, 0) is 6.42 Å². The highest BCUT2D eigenvalue weighted by Crippen LogP contribution is 2.43. The standard InChI is InChI=1S/C66H46N2/c1-2-22-52(23-3-1)68-64-32-11-10-29-62(64)66-59(31-15-33-65(66)68)50-21-12-19-48(42-50)49-20-13-24-55(43-49)67(53-38-34-46(35-39-53)57-30-14-18-45-16-4-6-25-56(45)57)54-40-36-47(37-41-54)63-44-51-17-5-7-26-58(51)60-27-8-9-28-61(60)63/h1-4,6-16,18-44H,5,17H2. The van der Waals surface area contributed by atoms with E-state index in [0.717, 1.165) is 41.2 Å².